The van der Waals surface area contributed by atoms with Gasteiger partial charge < -0.3 is 10.7 Å². The first-order valence-electron chi connectivity index (χ1n) is 5.38. The van der Waals surface area contributed by atoms with Gasteiger partial charge in [0.25, 0.3) is 0 Å². The molecular formula is C10H12ClN5O2S. The van der Waals surface area contributed by atoms with Gasteiger partial charge >= 0.3 is 0 Å². The van der Waals surface area contributed by atoms with Gasteiger partial charge in [-0.05, 0) is 6.07 Å². The summed E-state index contributed by atoms with van der Waals surface area (Å²) in [6, 6.07) is 1.26. The van der Waals surface area contributed by atoms with Gasteiger partial charge in [0.15, 0.2) is 0 Å². The first-order valence-corrected chi connectivity index (χ1v) is 7.24. The van der Waals surface area contributed by atoms with E-state index in [1.807, 2.05) is 0 Å². The van der Waals surface area contributed by atoms with Gasteiger partial charge in [-0.15, -0.1) is 0 Å². The van der Waals surface area contributed by atoms with Crippen LogP contribution in [0.3, 0.4) is 0 Å². The Morgan fingerprint density at radius 3 is 2.84 bits per heavy atom. The summed E-state index contributed by atoms with van der Waals surface area (Å²) in [5.74, 6) is 0.798. The summed E-state index contributed by atoms with van der Waals surface area (Å²) in [4.78, 5) is 10.6. The van der Waals surface area contributed by atoms with E-state index >= 15 is 0 Å². The Bertz CT molecular complexity index is 657. The maximum Gasteiger partial charge on any atom is 0.242 e. The topological polar surface area (TPSA) is 114 Å². The highest BCUT2D eigenvalue weighted by molar-refractivity contribution is 7.89. The summed E-state index contributed by atoms with van der Waals surface area (Å²) in [5.41, 5.74) is 5.43. The highest BCUT2D eigenvalue weighted by atomic mass is 35.5. The highest BCUT2D eigenvalue weighted by Gasteiger charge is 2.15. The van der Waals surface area contributed by atoms with E-state index in [0.29, 0.717) is 12.2 Å². The van der Waals surface area contributed by atoms with E-state index in [2.05, 4.69) is 19.7 Å². The lowest BCUT2D eigenvalue weighted by atomic mass is 10.4. The number of sulfonamides is 1. The molecule has 2 aromatic rings. The van der Waals surface area contributed by atoms with Gasteiger partial charge in [0.2, 0.25) is 10.0 Å². The van der Waals surface area contributed by atoms with E-state index in [4.69, 9.17) is 17.3 Å². The van der Waals surface area contributed by atoms with Crippen LogP contribution < -0.4 is 10.5 Å². The van der Waals surface area contributed by atoms with Crippen molar-refractivity contribution in [3.8, 4) is 0 Å². The van der Waals surface area contributed by atoms with Gasteiger partial charge in [-0.1, -0.05) is 11.6 Å². The summed E-state index contributed by atoms with van der Waals surface area (Å²) >= 11 is 5.74. The maximum atomic E-state index is 11.9. The number of hydrogen-bond donors (Lipinski definition) is 3. The van der Waals surface area contributed by atoms with Crippen LogP contribution in [0.2, 0.25) is 5.02 Å². The van der Waals surface area contributed by atoms with Crippen LogP contribution in [0.15, 0.2) is 29.6 Å². The lowest BCUT2D eigenvalue weighted by Crippen LogP contribution is -2.26. The average Bonchev–Trinajstić information content (AvgIpc) is 2.85. The fraction of sp³-hybridized carbons (Fsp3) is 0.200. The molecule has 9 heteroatoms. The Balaban J connectivity index is 2.03. The Morgan fingerprint density at radius 2 is 2.21 bits per heavy atom. The first kappa shape index (κ1) is 13.8. The molecule has 0 aliphatic rings. The van der Waals surface area contributed by atoms with Crippen molar-refractivity contribution in [2.45, 2.75) is 11.3 Å². The smallest absolute Gasteiger partial charge is 0.242 e. The van der Waals surface area contributed by atoms with Crippen molar-refractivity contribution in [2.24, 2.45) is 0 Å². The first-order chi connectivity index (χ1) is 8.99. The number of imidazole rings is 1. The van der Waals surface area contributed by atoms with Crippen LogP contribution in [0.25, 0.3) is 0 Å². The number of aromatic nitrogens is 3. The van der Waals surface area contributed by atoms with E-state index < -0.39 is 10.0 Å². The molecule has 0 fully saturated rings. The third-order valence-electron chi connectivity index (χ3n) is 2.36. The van der Waals surface area contributed by atoms with Gasteiger partial charge in [0, 0.05) is 31.6 Å². The Labute approximate surface area is 115 Å². The molecule has 2 aromatic heterocycles. The van der Waals surface area contributed by atoms with Crippen LogP contribution >= 0.6 is 11.6 Å². The molecule has 0 spiro atoms. The monoisotopic (exact) mass is 301 g/mol. The van der Waals surface area contributed by atoms with E-state index in [1.165, 1.54) is 6.07 Å². The van der Waals surface area contributed by atoms with Crippen LogP contribution in [-0.2, 0) is 16.4 Å². The van der Waals surface area contributed by atoms with E-state index in [-0.39, 0.29) is 22.3 Å². The molecule has 19 heavy (non-hydrogen) atoms. The zero-order valence-corrected chi connectivity index (χ0v) is 11.4. The number of aromatic amines is 1. The minimum atomic E-state index is -3.65. The number of halogens is 1. The molecule has 0 amide bonds. The zero-order chi connectivity index (χ0) is 13.9. The zero-order valence-electron chi connectivity index (χ0n) is 9.80. The number of nitrogen functional groups attached to an aromatic ring is 1. The molecule has 2 heterocycles. The van der Waals surface area contributed by atoms with Gasteiger partial charge in [-0.3, -0.25) is 0 Å². The Morgan fingerprint density at radius 1 is 1.42 bits per heavy atom. The maximum absolute atomic E-state index is 11.9. The predicted octanol–water partition coefficient (Wildman–Crippen LogP) is 0.561. The van der Waals surface area contributed by atoms with Crippen molar-refractivity contribution >= 4 is 27.4 Å². The Hall–Kier alpha value is -1.64. The van der Waals surface area contributed by atoms with Crippen LogP contribution in [0.5, 0.6) is 0 Å². The second kappa shape index (κ2) is 5.55. The van der Waals surface area contributed by atoms with Crippen LogP contribution in [0.4, 0.5) is 5.82 Å². The number of anilines is 1. The minimum absolute atomic E-state index is 0.0221. The lowest BCUT2D eigenvalue weighted by Gasteiger charge is -2.06. The molecule has 0 bridgehead atoms. The van der Waals surface area contributed by atoms with Gasteiger partial charge in [-0.2, -0.15) is 0 Å². The molecule has 0 atom stereocenters. The summed E-state index contributed by atoms with van der Waals surface area (Å²) in [6.07, 6.45) is 4.90. The fourth-order valence-corrected chi connectivity index (χ4v) is 2.63. The number of nitrogens with two attached hydrogens (primary N) is 1. The Kier molecular flexibility index (Phi) is 4.03. The van der Waals surface area contributed by atoms with Crippen molar-refractivity contribution in [3.63, 3.8) is 0 Å². The third-order valence-corrected chi connectivity index (χ3v) is 4.09. The second-order valence-electron chi connectivity index (χ2n) is 3.72. The molecule has 0 unspecified atom stereocenters. The quantitative estimate of drug-likeness (QED) is 0.746. The van der Waals surface area contributed by atoms with E-state index in [1.54, 1.807) is 12.4 Å². The number of hydrogen-bond acceptors (Lipinski definition) is 5. The largest absolute Gasteiger partial charge is 0.382 e. The molecule has 0 aliphatic carbocycles. The van der Waals surface area contributed by atoms with Crippen molar-refractivity contribution in [2.75, 3.05) is 12.3 Å². The van der Waals surface area contributed by atoms with Crippen LogP contribution in [0, 0.1) is 0 Å². The van der Waals surface area contributed by atoms with Crippen LogP contribution in [-0.4, -0.2) is 29.9 Å². The summed E-state index contributed by atoms with van der Waals surface area (Å²) < 4.78 is 26.3. The second-order valence-corrected chi connectivity index (χ2v) is 5.90. The van der Waals surface area contributed by atoms with Crippen molar-refractivity contribution < 1.29 is 8.42 Å². The molecular weight excluding hydrogens is 290 g/mol. The molecule has 0 saturated heterocycles. The predicted molar refractivity (Wildman–Crippen MR) is 71.1 cm³/mol. The molecule has 7 nitrogen and oxygen atoms in total. The number of pyridine rings is 1. The standard InChI is InChI=1S/C10H12ClN5O2S/c11-8-5-7(6-15-10(8)12)19(17,18)16-2-1-9-13-3-4-14-9/h3-6,16H,1-2H2,(H2,12,15)(H,13,14). The number of H-pyrrole nitrogens is 1. The summed E-state index contributed by atoms with van der Waals surface area (Å²) in [7, 11) is -3.65. The van der Waals surface area contributed by atoms with Crippen LogP contribution in [0.1, 0.15) is 5.82 Å². The molecule has 0 aliphatic heterocycles. The molecule has 102 valence electrons. The van der Waals surface area contributed by atoms with Crippen molar-refractivity contribution in [1.29, 1.82) is 0 Å². The number of nitrogens with zero attached hydrogens (tertiary/aromatic N) is 2. The molecule has 0 radical (unpaired) electrons. The van der Waals surface area contributed by atoms with Crippen molar-refractivity contribution in [1.82, 2.24) is 19.7 Å². The lowest BCUT2D eigenvalue weighted by molar-refractivity contribution is 0.580. The van der Waals surface area contributed by atoms with Gasteiger partial charge in [-0.25, -0.2) is 23.1 Å². The summed E-state index contributed by atoms with van der Waals surface area (Å²) in [5, 5.41) is 0.105. The molecule has 4 N–H and O–H groups in total. The number of rotatable bonds is 5. The number of nitrogens with one attached hydrogen (secondary N) is 2. The van der Waals surface area contributed by atoms with Gasteiger partial charge in [0.05, 0.1) is 5.02 Å². The van der Waals surface area contributed by atoms with E-state index in [9.17, 15) is 8.42 Å². The van der Waals surface area contributed by atoms with Crippen molar-refractivity contribution in [3.05, 3.63) is 35.5 Å². The molecule has 0 saturated carbocycles. The minimum Gasteiger partial charge on any atom is -0.382 e. The average molecular weight is 302 g/mol. The summed E-state index contributed by atoms with van der Waals surface area (Å²) in [6.45, 7) is 0.220. The molecule has 2 rings (SSSR count). The SMILES string of the molecule is Nc1ncc(S(=O)(=O)NCCc2ncc[nH]2)cc1Cl. The van der Waals surface area contributed by atoms with E-state index in [0.717, 1.165) is 6.20 Å². The highest BCUT2D eigenvalue weighted by Crippen LogP contribution is 2.19. The normalized spacial score (nSPS) is 11.6. The third kappa shape index (κ3) is 3.43. The van der Waals surface area contributed by atoms with Gasteiger partial charge in [0.1, 0.15) is 16.5 Å². The molecule has 0 aromatic carbocycles. The fourth-order valence-electron chi connectivity index (χ4n) is 1.40.